The van der Waals surface area contributed by atoms with Crippen LogP contribution in [0.1, 0.15) is 37.7 Å². The van der Waals surface area contributed by atoms with Gasteiger partial charge < -0.3 is 15.7 Å². The molecule has 4 nitrogen and oxygen atoms in total. The summed E-state index contributed by atoms with van der Waals surface area (Å²) in [7, 11) is 0. The minimum absolute atomic E-state index is 0.163. The molecule has 1 saturated carbocycles. The first-order chi connectivity index (χ1) is 9.74. The number of aliphatic hydroxyl groups is 1. The van der Waals surface area contributed by atoms with Crippen LogP contribution in [0.2, 0.25) is 0 Å². The number of aliphatic hydroxyl groups excluding tert-OH is 1. The minimum atomic E-state index is -0.547. The molecule has 1 aromatic rings. The fourth-order valence-corrected chi connectivity index (χ4v) is 2.65. The lowest BCUT2D eigenvalue weighted by molar-refractivity contribution is 0.169. The van der Waals surface area contributed by atoms with E-state index in [1.807, 2.05) is 30.3 Å². The van der Waals surface area contributed by atoms with Crippen LogP contribution < -0.4 is 10.6 Å². The van der Waals surface area contributed by atoms with Crippen molar-refractivity contribution in [3.05, 3.63) is 35.9 Å². The van der Waals surface area contributed by atoms with Crippen molar-refractivity contribution >= 4 is 6.03 Å². The molecule has 4 heteroatoms. The minimum Gasteiger partial charge on any atom is -0.391 e. The summed E-state index contributed by atoms with van der Waals surface area (Å²) in [5, 5.41) is 15.6. The van der Waals surface area contributed by atoms with Crippen LogP contribution in [0.4, 0.5) is 4.79 Å². The van der Waals surface area contributed by atoms with E-state index in [0.717, 1.165) is 18.4 Å². The molecule has 1 aliphatic rings. The highest BCUT2D eigenvalue weighted by Crippen LogP contribution is 2.17. The molecule has 1 atom stereocenters. The Balaban J connectivity index is 1.64. The predicted octanol–water partition coefficient (Wildman–Crippen LogP) is 2.22. The first kappa shape index (κ1) is 14.9. The summed E-state index contributed by atoms with van der Waals surface area (Å²) in [4.78, 5) is 11.7. The zero-order valence-electron chi connectivity index (χ0n) is 11.8. The van der Waals surface area contributed by atoms with E-state index in [-0.39, 0.29) is 12.6 Å². The van der Waals surface area contributed by atoms with Crippen molar-refractivity contribution in [1.82, 2.24) is 10.6 Å². The predicted molar refractivity (Wildman–Crippen MR) is 79.6 cm³/mol. The van der Waals surface area contributed by atoms with Crippen LogP contribution >= 0.6 is 0 Å². The molecule has 0 saturated heterocycles. The molecule has 1 aliphatic carbocycles. The number of benzene rings is 1. The lowest BCUT2D eigenvalue weighted by Crippen LogP contribution is -2.45. The van der Waals surface area contributed by atoms with Crippen LogP contribution in [0, 0.1) is 0 Å². The molecule has 0 unspecified atom stereocenters. The molecule has 1 fully saturated rings. The Labute approximate surface area is 120 Å². The Morgan fingerprint density at radius 3 is 2.60 bits per heavy atom. The maximum Gasteiger partial charge on any atom is 0.315 e. The molecule has 0 aliphatic heterocycles. The number of nitrogens with one attached hydrogen (secondary N) is 2. The number of rotatable bonds is 5. The van der Waals surface area contributed by atoms with Crippen molar-refractivity contribution in [3.8, 4) is 0 Å². The number of carbonyl (C=O) groups is 1. The summed E-state index contributed by atoms with van der Waals surface area (Å²) >= 11 is 0. The van der Waals surface area contributed by atoms with E-state index in [0.29, 0.717) is 12.5 Å². The van der Waals surface area contributed by atoms with E-state index >= 15 is 0 Å². The molecule has 20 heavy (non-hydrogen) atoms. The second-order valence-corrected chi connectivity index (χ2v) is 5.53. The summed E-state index contributed by atoms with van der Waals surface area (Å²) in [6.07, 6.45) is 5.82. The van der Waals surface area contributed by atoms with E-state index in [9.17, 15) is 9.90 Å². The van der Waals surface area contributed by atoms with Crippen molar-refractivity contribution in [2.24, 2.45) is 0 Å². The molecular formula is C16H24N2O2. The van der Waals surface area contributed by atoms with Gasteiger partial charge in [0.1, 0.15) is 0 Å². The zero-order valence-corrected chi connectivity index (χ0v) is 11.8. The molecule has 1 aromatic carbocycles. The molecule has 110 valence electrons. The van der Waals surface area contributed by atoms with Gasteiger partial charge in [-0.3, -0.25) is 0 Å². The highest BCUT2D eigenvalue weighted by atomic mass is 16.3. The van der Waals surface area contributed by atoms with Gasteiger partial charge in [0.25, 0.3) is 0 Å². The lowest BCUT2D eigenvalue weighted by atomic mass is 9.96. The van der Waals surface area contributed by atoms with Gasteiger partial charge in [-0.05, 0) is 18.4 Å². The van der Waals surface area contributed by atoms with Crippen molar-refractivity contribution in [1.29, 1.82) is 0 Å². The maximum absolute atomic E-state index is 11.7. The Hall–Kier alpha value is -1.55. The third kappa shape index (κ3) is 5.21. The van der Waals surface area contributed by atoms with Crippen LogP contribution in [0.15, 0.2) is 30.3 Å². The van der Waals surface area contributed by atoms with Gasteiger partial charge in [0, 0.05) is 19.0 Å². The Morgan fingerprint density at radius 1 is 1.20 bits per heavy atom. The van der Waals surface area contributed by atoms with Crippen LogP contribution in [0.5, 0.6) is 0 Å². The van der Waals surface area contributed by atoms with E-state index < -0.39 is 6.10 Å². The molecule has 2 rings (SSSR count). The number of urea groups is 1. The summed E-state index contributed by atoms with van der Waals surface area (Å²) in [6.45, 7) is 0.285. The van der Waals surface area contributed by atoms with E-state index in [4.69, 9.17) is 0 Å². The number of hydrogen-bond donors (Lipinski definition) is 3. The third-order valence-corrected chi connectivity index (χ3v) is 3.75. The summed E-state index contributed by atoms with van der Waals surface area (Å²) < 4.78 is 0. The molecule has 0 aromatic heterocycles. The Kier molecular flexibility index (Phi) is 5.87. The quantitative estimate of drug-likeness (QED) is 0.772. The van der Waals surface area contributed by atoms with Gasteiger partial charge >= 0.3 is 6.03 Å². The first-order valence-electron chi connectivity index (χ1n) is 7.50. The average molecular weight is 276 g/mol. The largest absolute Gasteiger partial charge is 0.391 e. The molecule has 0 bridgehead atoms. The molecule has 0 radical (unpaired) electrons. The fraction of sp³-hybridized carbons (Fsp3) is 0.562. The summed E-state index contributed by atoms with van der Waals surface area (Å²) in [6, 6.07) is 9.94. The van der Waals surface area contributed by atoms with Gasteiger partial charge in [-0.25, -0.2) is 4.79 Å². The summed E-state index contributed by atoms with van der Waals surface area (Å²) in [5.41, 5.74) is 1.08. The highest BCUT2D eigenvalue weighted by molar-refractivity contribution is 5.74. The molecule has 3 N–H and O–H groups in total. The van der Waals surface area contributed by atoms with E-state index in [2.05, 4.69) is 10.6 Å². The normalized spacial score (nSPS) is 17.4. The number of hydrogen-bond acceptors (Lipinski definition) is 2. The number of amides is 2. The van der Waals surface area contributed by atoms with Gasteiger partial charge in [-0.1, -0.05) is 49.6 Å². The smallest absolute Gasteiger partial charge is 0.315 e. The highest BCUT2D eigenvalue weighted by Gasteiger charge is 2.16. The van der Waals surface area contributed by atoms with Crippen molar-refractivity contribution in [3.63, 3.8) is 0 Å². The second-order valence-electron chi connectivity index (χ2n) is 5.53. The molecule has 2 amide bonds. The third-order valence-electron chi connectivity index (χ3n) is 3.75. The first-order valence-corrected chi connectivity index (χ1v) is 7.50. The maximum atomic E-state index is 11.7. The Morgan fingerprint density at radius 2 is 1.90 bits per heavy atom. The average Bonchev–Trinajstić information content (AvgIpc) is 2.47. The van der Waals surface area contributed by atoms with Crippen LogP contribution in [-0.2, 0) is 6.42 Å². The van der Waals surface area contributed by atoms with Crippen LogP contribution in [0.3, 0.4) is 0 Å². The van der Waals surface area contributed by atoms with Crippen molar-refractivity contribution < 1.29 is 9.90 Å². The van der Waals surface area contributed by atoms with Gasteiger partial charge in [0.05, 0.1) is 6.10 Å². The number of carbonyl (C=O) groups excluding carboxylic acids is 1. The standard InChI is InChI=1S/C16H24N2O2/c19-15(11-13-7-3-1-4-8-13)12-17-16(20)18-14-9-5-2-6-10-14/h1,3-4,7-8,14-15,19H,2,5-6,9-12H2,(H2,17,18,20)/t15-/m1/s1. The van der Waals surface area contributed by atoms with E-state index in [1.54, 1.807) is 0 Å². The van der Waals surface area contributed by atoms with Crippen LogP contribution in [0.25, 0.3) is 0 Å². The fourth-order valence-electron chi connectivity index (χ4n) is 2.65. The molecule has 0 spiro atoms. The van der Waals surface area contributed by atoms with Crippen LogP contribution in [-0.4, -0.2) is 29.8 Å². The lowest BCUT2D eigenvalue weighted by Gasteiger charge is -2.23. The van der Waals surface area contributed by atoms with Gasteiger partial charge in [0.2, 0.25) is 0 Å². The molecule has 0 heterocycles. The summed E-state index contributed by atoms with van der Waals surface area (Å²) in [5.74, 6) is 0. The monoisotopic (exact) mass is 276 g/mol. The molecular weight excluding hydrogens is 252 g/mol. The van der Waals surface area contributed by atoms with E-state index in [1.165, 1.54) is 19.3 Å². The van der Waals surface area contributed by atoms with Gasteiger partial charge in [-0.15, -0.1) is 0 Å². The Bertz CT molecular complexity index is 402. The zero-order chi connectivity index (χ0) is 14.2. The SMILES string of the molecule is O=C(NC[C@H](O)Cc1ccccc1)NC1CCCCC1. The second kappa shape index (κ2) is 7.90. The van der Waals surface area contributed by atoms with Gasteiger partial charge in [-0.2, -0.15) is 0 Å². The van der Waals surface area contributed by atoms with Crippen molar-refractivity contribution in [2.75, 3.05) is 6.54 Å². The topological polar surface area (TPSA) is 61.4 Å². The van der Waals surface area contributed by atoms with Crippen molar-refractivity contribution in [2.45, 2.75) is 50.7 Å². The van der Waals surface area contributed by atoms with Gasteiger partial charge in [0.15, 0.2) is 0 Å².